The molecule has 0 saturated carbocycles. The van der Waals surface area contributed by atoms with Crippen LogP contribution in [0.1, 0.15) is 45.1 Å². The van der Waals surface area contributed by atoms with Crippen LogP contribution >= 0.6 is 0 Å². The number of nitrogens with two attached hydrogens (primary N) is 1. The van der Waals surface area contributed by atoms with E-state index in [1.807, 2.05) is 6.07 Å². The molecule has 1 heterocycles. The molecule has 162 valence electrons. The normalized spacial score (nSPS) is 20.7. The second kappa shape index (κ2) is 9.02. The van der Waals surface area contributed by atoms with Crippen LogP contribution in [0.4, 0.5) is 0 Å². The van der Waals surface area contributed by atoms with Crippen LogP contribution in [0.15, 0.2) is 46.8 Å². The van der Waals surface area contributed by atoms with Gasteiger partial charge in [0.1, 0.15) is 5.75 Å². The molecule has 0 aromatic heterocycles. The van der Waals surface area contributed by atoms with Crippen LogP contribution < -0.4 is 11.1 Å². The van der Waals surface area contributed by atoms with Gasteiger partial charge in [0, 0.05) is 30.2 Å². The number of hydrogen-bond acceptors (Lipinski definition) is 7. The summed E-state index contributed by atoms with van der Waals surface area (Å²) in [6.45, 7) is 6.89. The van der Waals surface area contributed by atoms with Crippen LogP contribution in [0.2, 0.25) is 0 Å². The number of allylic oxidation sites excluding steroid dienone is 2. The zero-order chi connectivity index (χ0) is 21.9. The Labute approximate surface area is 176 Å². The Bertz CT molecular complexity index is 901. The lowest BCUT2D eigenvalue weighted by molar-refractivity contribution is -0.139. The molecule has 0 radical (unpaired) electrons. The van der Waals surface area contributed by atoms with Gasteiger partial charge < -0.3 is 25.6 Å². The monoisotopic (exact) mass is 414 g/mol. The van der Waals surface area contributed by atoms with E-state index in [1.54, 1.807) is 25.1 Å². The second-order valence-electron chi connectivity index (χ2n) is 8.44. The number of hydrogen-bond donors (Lipinski definition) is 3. The molecule has 3 rings (SSSR count). The molecule has 2 aliphatic rings. The number of ether oxygens (including phenoxy) is 2. The second-order valence-corrected chi connectivity index (χ2v) is 8.44. The summed E-state index contributed by atoms with van der Waals surface area (Å²) in [6, 6.07) is 6.67. The third-order valence-corrected chi connectivity index (χ3v) is 5.33. The minimum Gasteiger partial charge on any atom is -0.508 e. The number of carbonyl (C=O) groups is 2. The summed E-state index contributed by atoms with van der Waals surface area (Å²) >= 11 is 0. The molecule has 4 N–H and O–H groups in total. The van der Waals surface area contributed by atoms with Crippen LogP contribution in [0.25, 0.3) is 0 Å². The molecule has 0 bridgehead atoms. The van der Waals surface area contributed by atoms with Gasteiger partial charge in [-0.1, -0.05) is 26.0 Å². The topological polar surface area (TPSA) is 111 Å². The summed E-state index contributed by atoms with van der Waals surface area (Å²) in [5.41, 5.74) is 8.28. The molecular weight excluding hydrogens is 384 g/mol. The lowest BCUT2D eigenvalue weighted by Gasteiger charge is -2.40. The van der Waals surface area contributed by atoms with Gasteiger partial charge in [-0.3, -0.25) is 4.79 Å². The number of rotatable bonds is 7. The highest BCUT2D eigenvalue weighted by molar-refractivity contribution is 6.04. The van der Waals surface area contributed by atoms with E-state index in [9.17, 15) is 14.7 Å². The van der Waals surface area contributed by atoms with E-state index in [0.29, 0.717) is 48.4 Å². The number of Topliss-reactive ketones (excluding diaryl/α,β-unsaturated/α-hetero) is 1. The lowest BCUT2D eigenvalue weighted by atomic mass is 9.68. The van der Waals surface area contributed by atoms with Crippen LogP contribution in [0.5, 0.6) is 5.75 Å². The number of aromatic hydroxyl groups is 1. The van der Waals surface area contributed by atoms with Crippen molar-refractivity contribution in [2.75, 3.05) is 26.4 Å². The van der Waals surface area contributed by atoms with Gasteiger partial charge in [0.2, 0.25) is 0 Å². The first-order valence-corrected chi connectivity index (χ1v) is 10.3. The number of esters is 1. The molecule has 1 aromatic rings. The van der Waals surface area contributed by atoms with E-state index >= 15 is 0 Å². The average Bonchev–Trinajstić information content (AvgIpc) is 2.66. The summed E-state index contributed by atoms with van der Waals surface area (Å²) in [7, 11) is 0. The Hall–Kier alpha value is -2.64. The standard InChI is InChI=1S/C23H30N2O5/c1-4-30-22(28)21-17(13-29-9-8-24)25-16-11-23(2,3)12-18(27)20(16)19(21)14-6-5-7-15(26)10-14/h5-7,10,19,25-26H,4,8-9,11-13,24H2,1-3H3. The van der Waals surface area contributed by atoms with Crippen LogP contribution in [0.3, 0.4) is 0 Å². The number of phenolic OH excluding ortho intramolecular Hbond substituents is 1. The average molecular weight is 415 g/mol. The maximum absolute atomic E-state index is 13.2. The zero-order valence-electron chi connectivity index (χ0n) is 17.8. The molecule has 0 amide bonds. The quantitative estimate of drug-likeness (QED) is 0.464. The van der Waals surface area contributed by atoms with Gasteiger partial charge in [0.15, 0.2) is 5.78 Å². The number of benzene rings is 1. The summed E-state index contributed by atoms with van der Waals surface area (Å²) < 4.78 is 11.0. The third-order valence-electron chi connectivity index (χ3n) is 5.33. The van der Waals surface area contributed by atoms with Crippen LogP contribution in [-0.4, -0.2) is 43.2 Å². The van der Waals surface area contributed by atoms with Crippen molar-refractivity contribution < 1.29 is 24.2 Å². The first-order chi connectivity index (χ1) is 14.3. The Morgan fingerprint density at radius 3 is 2.77 bits per heavy atom. The minimum atomic E-state index is -0.632. The van der Waals surface area contributed by atoms with E-state index in [-0.39, 0.29) is 30.2 Å². The van der Waals surface area contributed by atoms with Gasteiger partial charge in [-0.05, 0) is 36.5 Å². The largest absolute Gasteiger partial charge is 0.508 e. The third kappa shape index (κ3) is 4.57. The van der Waals surface area contributed by atoms with Crippen molar-refractivity contribution in [3.05, 3.63) is 52.4 Å². The number of phenols is 1. The first-order valence-electron chi connectivity index (χ1n) is 10.3. The maximum Gasteiger partial charge on any atom is 0.336 e. The number of nitrogens with one attached hydrogen (secondary N) is 1. The van der Waals surface area contributed by atoms with Crippen molar-refractivity contribution in [2.24, 2.45) is 11.1 Å². The molecule has 0 spiro atoms. The molecule has 30 heavy (non-hydrogen) atoms. The molecule has 0 fully saturated rings. The Morgan fingerprint density at radius 1 is 1.33 bits per heavy atom. The fourth-order valence-electron chi connectivity index (χ4n) is 4.21. The van der Waals surface area contributed by atoms with E-state index in [4.69, 9.17) is 15.2 Å². The highest BCUT2D eigenvalue weighted by atomic mass is 16.5. The lowest BCUT2D eigenvalue weighted by Crippen LogP contribution is -2.40. The number of ketones is 1. The van der Waals surface area contributed by atoms with Gasteiger partial charge in [0.25, 0.3) is 0 Å². The molecular formula is C23H30N2O5. The molecule has 7 nitrogen and oxygen atoms in total. The Kier molecular flexibility index (Phi) is 6.63. The van der Waals surface area contributed by atoms with Crippen molar-refractivity contribution in [3.8, 4) is 5.75 Å². The molecule has 1 aliphatic heterocycles. The predicted octanol–water partition coefficient (Wildman–Crippen LogP) is 2.51. The molecule has 1 unspecified atom stereocenters. The van der Waals surface area contributed by atoms with Crippen LogP contribution in [0, 0.1) is 5.41 Å². The molecule has 1 aliphatic carbocycles. The summed E-state index contributed by atoms with van der Waals surface area (Å²) in [4.78, 5) is 26.2. The summed E-state index contributed by atoms with van der Waals surface area (Å²) in [5, 5.41) is 13.4. The highest BCUT2D eigenvalue weighted by Gasteiger charge is 2.43. The van der Waals surface area contributed by atoms with E-state index in [2.05, 4.69) is 19.2 Å². The predicted molar refractivity (Wildman–Crippen MR) is 113 cm³/mol. The Balaban J connectivity index is 2.18. The molecule has 1 atom stereocenters. The van der Waals surface area contributed by atoms with E-state index < -0.39 is 11.9 Å². The van der Waals surface area contributed by atoms with Crippen molar-refractivity contribution in [3.63, 3.8) is 0 Å². The fraction of sp³-hybridized carbons (Fsp3) is 0.478. The first kappa shape index (κ1) is 22.1. The molecule has 1 aromatic carbocycles. The smallest absolute Gasteiger partial charge is 0.336 e. The summed E-state index contributed by atoms with van der Waals surface area (Å²) in [6.07, 6.45) is 1.05. The number of dihydropyridines is 1. The van der Waals surface area contributed by atoms with Crippen LogP contribution in [-0.2, 0) is 19.1 Å². The number of carbonyl (C=O) groups excluding carboxylic acids is 2. The Morgan fingerprint density at radius 2 is 2.10 bits per heavy atom. The van der Waals surface area contributed by atoms with Crippen molar-refractivity contribution >= 4 is 11.8 Å². The molecule has 0 saturated heterocycles. The van der Waals surface area contributed by atoms with Gasteiger partial charge in [0.05, 0.1) is 31.1 Å². The van der Waals surface area contributed by atoms with E-state index in [0.717, 1.165) is 5.70 Å². The van der Waals surface area contributed by atoms with Gasteiger partial charge >= 0.3 is 5.97 Å². The minimum absolute atomic E-state index is 0.00850. The van der Waals surface area contributed by atoms with Crippen molar-refractivity contribution in [1.29, 1.82) is 0 Å². The van der Waals surface area contributed by atoms with Crippen molar-refractivity contribution in [2.45, 2.75) is 39.5 Å². The van der Waals surface area contributed by atoms with E-state index in [1.165, 1.54) is 0 Å². The van der Waals surface area contributed by atoms with Gasteiger partial charge in [-0.2, -0.15) is 0 Å². The zero-order valence-corrected chi connectivity index (χ0v) is 17.8. The fourth-order valence-corrected chi connectivity index (χ4v) is 4.21. The molecule has 7 heteroatoms. The van der Waals surface area contributed by atoms with Gasteiger partial charge in [-0.25, -0.2) is 4.79 Å². The van der Waals surface area contributed by atoms with Gasteiger partial charge in [-0.15, -0.1) is 0 Å². The highest BCUT2D eigenvalue weighted by Crippen LogP contribution is 2.47. The SMILES string of the molecule is CCOC(=O)C1=C(COCCN)NC2=C(C(=O)CC(C)(C)C2)C1c1cccc(O)c1. The maximum atomic E-state index is 13.2. The van der Waals surface area contributed by atoms with Crippen molar-refractivity contribution in [1.82, 2.24) is 5.32 Å². The summed E-state index contributed by atoms with van der Waals surface area (Å²) in [5.74, 6) is -1.08.